The van der Waals surface area contributed by atoms with E-state index in [1.807, 2.05) is 24.3 Å². The first-order chi connectivity index (χ1) is 17.9. The third-order valence-electron chi connectivity index (χ3n) is 5.88. The van der Waals surface area contributed by atoms with Crippen LogP contribution in [0.5, 0.6) is 0 Å². The van der Waals surface area contributed by atoms with Crippen molar-refractivity contribution in [3.05, 3.63) is 36.0 Å². The van der Waals surface area contributed by atoms with Crippen LogP contribution in [-0.2, 0) is 30.4 Å². The number of carboxylic acid groups (broad SMARTS) is 2. The molecule has 0 aliphatic rings. The van der Waals surface area contributed by atoms with E-state index in [9.17, 15) is 34.2 Å². The molecule has 3 amide bonds. The Balaban J connectivity index is 2.10. The van der Waals surface area contributed by atoms with Crippen molar-refractivity contribution in [1.29, 1.82) is 0 Å². The molecule has 13 nitrogen and oxygen atoms in total. The summed E-state index contributed by atoms with van der Waals surface area (Å²) in [6, 6.07) is 2.22. The van der Waals surface area contributed by atoms with Crippen LogP contribution in [0.15, 0.2) is 30.5 Å². The van der Waals surface area contributed by atoms with Crippen molar-refractivity contribution in [3.8, 4) is 0 Å². The van der Waals surface area contributed by atoms with Crippen molar-refractivity contribution < 1.29 is 39.3 Å². The Morgan fingerprint density at radius 2 is 1.53 bits per heavy atom. The molecule has 0 aliphatic heterocycles. The van der Waals surface area contributed by atoms with Crippen LogP contribution in [0, 0.1) is 5.92 Å². The predicted molar refractivity (Wildman–Crippen MR) is 137 cm³/mol. The number of carbonyl (C=O) groups excluding carboxylic acids is 3. The number of hydrogen-bond donors (Lipinski definition) is 8. The van der Waals surface area contributed by atoms with Gasteiger partial charge in [0.1, 0.15) is 18.1 Å². The van der Waals surface area contributed by atoms with E-state index in [2.05, 4.69) is 20.9 Å². The van der Waals surface area contributed by atoms with Crippen LogP contribution in [0.4, 0.5) is 0 Å². The first kappa shape index (κ1) is 30.3. The van der Waals surface area contributed by atoms with Gasteiger partial charge in [-0.05, 0) is 30.4 Å². The largest absolute Gasteiger partial charge is 0.481 e. The Labute approximate surface area is 219 Å². The number of aromatic amines is 1. The summed E-state index contributed by atoms with van der Waals surface area (Å²) in [6.45, 7) is 2.80. The number of fused-ring (bicyclic) bond motifs is 1. The second kappa shape index (κ2) is 14.1. The number of nitrogens with two attached hydrogens (primary N) is 1. The Kier molecular flexibility index (Phi) is 11.2. The van der Waals surface area contributed by atoms with Gasteiger partial charge in [-0.2, -0.15) is 0 Å². The second-order valence-electron chi connectivity index (χ2n) is 9.44. The quantitative estimate of drug-likeness (QED) is 0.147. The Hall–Kier alpha value is -3.97. The van der Waals surface area contributed by atoms with Crippen LogP contribution in [0.25, 0.3) is 10.9 Å². The fourth-order valence-electron chi connectivity index (χ4n) is 3.85. The summed E-state index contributed by atoms with van der Waals surface area (Å²) < 4.78 is 0. The Bertz CT molecular complexity index is 1150. The molecule has 0 saturated carbocycles. The van der Waals surface area contributed by atoms with E-state index < -0.39 is 60.4 Å². The molecule has 0 bridgehead atoms. The minimum Gasteiger partial charge on any atom is -0.481 e. The SMILES string of the molecule is CC(C)CC(NC(=O)C(CO)NC(=O)C(N)CCC(=O)O)C(=O)NC(Cc1c[nH]c2ccccc12)C(=O)O. The topological polar surface area (TPSA) is 224 Å². The van der Waals surface area contributed by atoms with Crippen LogP contribution in [0.2, 0.25) is 0 Å². The maximum absolute atomic E-state index is 13.1. The minimum atomic E-state index is -1.46. The summed E-state index contributed by atoms with van der Waals surface area (Å²) in [5, 5.41) is 36.1. The monoisotopic (exact) mass is 533 g/mol. The van der Waals surface area contributed by atoms with Crippen LogP contribution in [0.3, 0.4) is 0 Å². The highest BCUT2D eigenvalue weighted by Gasteiger charge is 2.31. The van der Waals surface area contributed by atoms with Gasteiger partial charge in [0.25, 0.3) is 0 Å². The van der Waals surface area contributed by atoms with E-state index in [-0.39, 0.29) is 31.6 Å². The number of carbonyl (C=O) groups is 5. The van der Waals surface area contributed by atoms with Crippen molar-refractivity contribution in [2.45, 2.75) is 63.7 Å². The molecule has 1 aromatic heterocycles. The number of rotatable bonds is 15. The highest BCUT2D eigenvalue weighted by molar-refractivity contribution is 5.94. The number of aliphatic hydroxyl groups is 1. The van der Waals surface area contributed by atoms with Crippen LogP contribution < -0.4 is 21.7 Å². The predicted octanol–water partition coefficient (Wildman–Crippen LogP) is -0.520. The van der Waals surface area contributed by atoms with Gasteiger partial charge in [-0.15, -0.1) is 0 Å². The van der Waals surface area contributed by atoms with E-state index in [4.69, 9.17) is 10.8 Å². The van der Waals surface area contributed by atoms with E-state index in [1.165, 1.54) is 0 Å². The summed E-state index contributed by atoms with van der Waals surface area (Å²) in [6.07, 6.45) is 1.30. The van der Waals surface area contributed by atoms with Gasteiger partial charge < -0.3 is 42.0 Å². The Morgan fingerprint density at radius 1 is 0.921 bits per heavy atom. The molecule has 2 rings (SSSR count). The molecule has 0 spiro atoms. The number of amides is 3. The molecule has 0 fully saturated rings. The van der Waals surface area contributed by atoms with E-state index >= 15 is 0 Å². The molecule has 13 heteroatoms. The number of benzene rings is 1. The minimum absolute atomic E-state index is 0.00299. The van der Waals surface area contributed by atoms with Crippen LogP contribution in [0.1, 0.15) is 38.7 Å². The highest BCUT2D eigenvalue weighted by atomic mass is 16.4. The van der Waals surface area contributed by atoms with Gasteiger partial charge in [-0.1, -0.05) is 32.0 Å². The van der Waals surface area contributed by atoms with Crippen molar-refractivity contribution >= 4 is 40.6 Å². The average Bonchev–Trinajstić information content (AvgIpc) is 3.27. The van der Waals surface area contributed by atoms with Crippen molar-refractivity contribution in [3.63, 3.8) is 0 Å². The number of para-hydroxylation sites is 1. The Morgan fingerprint density at radius 3 is 2.13 bits per heavy atom. The molecule has 0 radical (unpaired) electrons. The molecule has 4 unspecified atom stereocenters. The maximum Gasteiger partial charge on any atom is 0.326 e. The molecular formula is C25H35N5O8. The first-order valence-electron chi connectivity index (χ1n) is 12.2. The smallest absolute Gasteiger partial charge is 0.326 e. The fraction of sp³-hybridized carbons (Fsp3) is 0.480. The van der Waals surface area contributed by atoms with Crippen molar-refractivity contribution in [2.75, 3.05) is 6.61 Å². The van der Waals surface area contributed by atoms with E-state index in [1.54, 1.807) is 20.0 Å². The zero-order chi connectivity index (χ0) is 28.4. The number of nitrogens with one attached hydrogen (secondary N) is 4. The number of aliphatic carboxylic acids is 2. The average molecular weight is 534 g/mol. The highest BCUT2D eigenvalue weighted by Crippen LogP contribution is 2.19. The second-order valence-corrected chi connectivity index (χ2v) is 9.44. The molecule has 208 valence electrons. The van der Waals surface area contributed by atoms with Gasteiger partial charge in [0, 0.05) is 29.9 Å². The van der Waals surface area contributed by atoms with Gasteiger partial charge in [-0.25, -0.2) is 4.79 Å². The summed E-state index contributed by atoms with van der Waals surface area (Å²) >= 11 is 0. The number of aromatic nitrogens is 1. The summed E-state index contributed by atoms with van der Waals surface area (Å²) in [7, 11) is 0. The molecule has 0 saturated heterocycles. The number of hydrogen-bond acceptors (Lipinski definition) is 7. The van der Waals surface area contributed by atoms with Gasteiger partial charge in [-0.3, -0.25) is 19.2 Å². The molecule has 4 atom stereocenters. The number of carboxylic acids is 2. The molecule has 38 heavy (non-hydrogen) atoms. The number of aliphatic hydroxyl groups excluding tert-OH is 1. The summed E-state index contributed by atoms with van der Waals surface area (Å²) in [5.41, 5.74) is 7.16. The van der Waals surface area contributed by atoms with Crippen molar-refractivity contribution in [2.24, 2.45) is 11.7 Å². The summed E-state index contributed by atoms with van der Waals surface area (Å²) in [4.78, 5) is 63.8. The van der Waals surface area contributed by atoms with Gasteiger partial charge in [0.2, 0.25) is 17.7 Å². The molecule has 0 aliphatic carbocycles. The van der Waals surface area contributed by atoms with Gasteiger partial charge in [0.15, 0.2) is 0 Å². The molecule has 1 heterocycles. The first-order valence-corrected chi connectivity index (χ1v) is 12.2. The maximum atomic E-state index is 13.1. The molecule has 9 N–H and O–H groups in total. The summed E-state index contributed by atoms with van der Waals surface area (Å²) in [5.74, 6) is -4.92. The molecular weight excluding hydrogens is 498 g/mol. The zero-order valence-corrected chi connectivity index (χ0v) is 21.3. The lowest BCUT2D eigenvalue weighted by Gasteiger charge is -2.25. The van der Waals surface area contributed by atoms with Crippen molar-refractivity contribution in [1.82, 2.24) is 20.9 Å². The van der Waals surface area contributed by atoms with Gasteiger partial charge in [0.05, 0.1) is 12.6 Å². The number of H-pyrrole nitrogens is 1. The normalized spacial score (nSPS) is 14.3. The third-order valence-corrected chi connectivity index (χ3v) is 5.88. The van der Waals surface area contributed by atoms with E-state index in [0.717, 1.165) is 10.9 Å². The van der Waals surface area contributed by atoms with Crippen LogP contribution >= 0.6 is 0 Å². The molecule has 2 aromatic rings. The third kappa shape index (κ3) is 8.85. The van der Waals surface area contributed by atoms with E-state index in [0.29, 0.717) is 5.56 Å². The molecule has 1 aromatic carbocycles. The zero-order valence-electron chi connectivity index (χ0n) is 21.3. The van der Waals surface area contributed by atoms with Gasteiger partial charge >= 0.3 is 11.9 Å². The lowest BCUT2D eigenvalue weighted by Crippen LogP contribution is -2.58. The standard InChI is InChI=1S/C25H35N5O8/c1-13(2)9-18(28-24(36)20(12-31)30-22(34)16(26)7-8-21(32)33)23(35)29-19(25(37)38)10-14-11-27-17-6-4-3-5-15(14)17/h3-6,11,13,16,18-20,27,31H,7-10,12,26H2,1-2H3,(H,28,36)(H,29,35)(H,30,34)(H,32,33)(H,37,38). The lowest BCUT2D eigenvalue weighted by molar-refractivity contribution is -0.142. The lowest BCUT2D eigenvalue weighted by atomic mass is 10.0. The fourth-order valence-corrected chi connectivity index (χ4v) is 3.85. The van der Waals surface area contributed by atoms with Crippen LogP contribution in [-0.4, -0.2) is 80.7 Å².